The summed E-state index contributed by atoms with van der Waals surface area (Å²) >= 11 is 0. The van der Waals surface area contributed by atoms with E-state index in [1.54, 1.807) is 6.20 Å². The number of benzene rings is 2. The Morgan fingerprint density at radius 1 is 0.833 bits per heavy atom. The van der Waals surface area contributed by atoms with Crippen molar-refractivity contribution < 1.29 is 9.53 Å². The van der Waals surface area contributed by atoms with Gasteiger partial charge in [0.25, 0.3) is 5.91 Å². The van der Waals surface area contributed by atoms with Gasteiger partial charge in [-0.3, -0.25) is 14.2 Å². The average Bonchev–Trinajstić information content (AvgIpc) is 3.50. The maximum absolute atomic E-state index is 13.2. The first-order chi connectivity index (χ1) is 20.7. The minimum atomic E-state index is -0.127. The normalized spacial score (nSPS) is 17.5. The zero-order chi connectivity index (χ0) is 28.1. The lowest BCUT2D eigenvalue weighted by Crippen LogP contribution is -2.31. The van der Waals surface area contributed by atoms with E-state index in [2.05, 4.69) is 49.8 Å². The van der Waals surface area contributed by atoms with Crippen molar-refractivity contribution in [3.05, 3.63) is 121 Å². The molecule has 0 unspecified atom stereocenters. The van der Waals surface area contributed by atoms with E-state index < -0.39 is 0 Å². The maximum Gasteiger partial charge on any atom is 0.253 e. The summed E-state index contributed by atoms with van der Waals surface area (Å²) in [7, 11) is 0. The quantitative estimate of drug-likeness (QED) is 0.263. The number of rotatable bonds is 6. The molecule has 206 valence electrons. The summed E-state index contributed by atoms with van der Waals surface area (Å²) in [6.45, 7) is 1.21. The summed E-state index contributed by atoms with van der Waals surface area (Å²) < 4.78 is 8.08. The second kappa shape index (κ2) is 9.76. The molecule has 1 amide bonds. The first-order valence-corrected chi connectivity index (χ1v) is 14.3. The number of ether oxygens (including phenoxy) is 1. The zero-order valence-electron chi connectivity index (χ0n) is 22.9. The summed E-state index contributed by atoms with van der Waals surface area (Å²) in [6.07, 6.45) is 12.3. The minimum absolute atomic E-state index is 0.0125. The summed E-state index contributed by atoms with van der Waals surface area (Å²) in [6, 6.07) is 23.9. The fourth-order valence-electron chi connectivity index (χ4n) is 6.24. The van der Waals surface area contributed by atoms with Crippen LogP contribution in [0.5, 0.6) is 5.88 Å². The van der Waals surface area contributed by atoms with Crippen molar-refractivity contribution >= 4 is 22.6 Å². The number of hydrogen-bond acceptors (Lipinski definition) is 6. The van der Waals surface area contributed by atoms with Gasteiger partial charge < -0.3 is 9.64 Å². The number of fused-ring (bicyclic) bond motifs is 2. The smallest absolute Gasteiger partial charge is 0.253 e. The van der Waals surface area contributed by atoms with Gasteiger partial charge in [-0.2, -0.15) is 0 Å². The average molecular weight is 553 g/mol. The number of aromatic nitrogens is 5. The number of hydrogen-bond donors (Lipinski definition) is 0. The molecule has 42 heavy (non-hydrogen) atoms. The fourth-order valence-corrected chi connectivity index (χ4v) is 6.24. The molecule has 1 saturated carbocycles. The molecule has 8 rings (SSSR count). The van der Waals surface area contributed by atoms with Crippen LogP contribution in [0.4, 0.5) is 0 Å². The molecule has 0 bridgehead atoms. The number of likely N-dealkylation sites (tertiary alicyclic amines) is 1. The van der Waals surface area contributed by atoms with Crippen LogP contribution in [0.1, 0.15) is 40.9 Å². The van der Waals surface area contributed by atoms with E-state index in [0.29, 0.717) is 30.3 Å². The van der Waals surface area contributed by atoms with Crippen LogP contribution in [0, 0.1) is 0 Å². The number of imidazole rings is 1. The molecule has 2 fully saturated rings. The van der Waals surface area contributed by atoms with Crippen LogP contribution in [0.3, 0.4) is 0 Å². The van der Waals surface area contributed by atoms with Gasteiger partial charge in [-0.05, 0) is 48.2 Å². The number of para-hydroxylation sites is 1. The third kappa shape index (κ3) is 4.18. The molecule has 8 heteroatoms. The van der Waals surface area contributed by atoms with Crippen molar-refractivity contribution in [2.24, 2.45) is 0 Å². The lowest BCUT2D eigenvalue weighted by molar-refractivity contribution is 0.0771. The monoisotopic (exact) mass is 552 g/mol. The maximum atomic E-state index is 13.2. The Morgan fingerprint density at radius 3 is 2.50 bits per heavy atom. The van der Waals surface area contributed by atoms with Gasteiger partial charge in [-0.15, -0.1) is 0 Å². The Kier molecular flexibility index (Phi) is 5.73. The minimum Gasteiger partial charge on any atom is -0.472 e. The number of amides is 1. The zero-order valence-corrected chi connectivity index (χ0v) is 22.9. The van der Waals surface area contributed by atoms with E-state index in [9.17, 15) is 4.79 Å². The van der Waals surface area contributed by atoms with Crippen molar-refractivity contribution in [1.82, 2.24) is 29.2 Å². The van der Waals surface area contributed by atoms with E-state index in [1.165, 1.54) is 5.56 Å². The van der Waals surface area contributed by atoms with E-state index in [-0.39, 0.29) is 17.4 Å². The van der Waals surface area contributed by atoms with Crippen LogP contribution in [-0.2, 0) is 5.41 Å². The van der Waals surface area contributed by atoms with Gasteiger partial charge >= 0.3 is 0 Å². The van der Waals surface area contributed by atoms with Crippen LogP contribution in [-0.4, -0.2) is 54.3 Å². The molecule has 2 aromatic carbocycles. The van der Waals surface area contributed by atoms with Crippen LogP contribution in [0.25, 0.3) is 27.8 Å². The Bertz CT molecular complexity index is 1930. The van der Waals surface area contributed by atoms with Crippen molar-refractivity contribution in [1.29, 1.82) is 0 Å². The third-order valence-corrected chi connectivity index (χ3v) is 8.58. The van der Waals surface area contributed by atoms with Crippen molar-refractivity contribution in [2.75, 3.05) is 13.1 Å². The summed E-state index contributed by atoms with van der Waals surface area (Å²) in [5.41, 5.74) is 5.92. The van der Waals surface area contributed by atoms with Gasteiger partial charge in [0, 0.05) is 65.7 Å². The van der Waals surface area contributed by atoms with Gasteiger partial charge in [-0.1, -0.05) is 42.5 Å². The number of carbonyl (C=O) groups excluding carboxylic acids is 1. The second-order valence-electron chi connectivity index (χ2n) is 11.1. The van der Waals surface area contributed by atoms with Crippen molar-refractivity contribution in [3.63, 3.8) is 0 Å². The van der Waals surface area contributed by atoms with Gasteiger partial charge in [0.2, 0.25) is 11.7 Å². The molecule has 5 heterocycles. The van der Waals surface area contributed by atoms with E-state index in [1.807, 2.05) is 72.0 Å². The highest BCUT2D eigenvalue weighted by atomic mass is 16.5. The lowest BCUT2D eigenvalue weighted by Gasteiger charge is -2.18. The molecular formula is C34H28N6O2. The lowest BCUT2D eigenvalue weighted by atomic mass is 9.90. The third-order valence-electron chi connectivity index (χ3n) is 8.58. The number of carbonyl (C=O) groups is 1. The molecule has 2 aliphatic rings. The second-order valence-corrected chi connectivity index (χ2v) is 11.1. The number of nitrogens with zero attached hydrogens (tertiary/aromatic N) is 6. The Balaban J connectivity index is 1.04. The molecule has 1 aliphatic heterocycles. The molecule has 8 nitrogen and oxygen atoms in total. The van der Waals surface area contributed by atoms with Crippen molar-refractivity contribution in [2.45, 2.75) is 30.8 Å². The molecule has 4 aromatic heterocycles. The van der Waals surface area contributed by atoms with Crippen LogP contribution < -0.4 is 4.74 Å². The van der Waals surface area contributed by atoms with Crippen LogP contribution >= 0.6 is 0 Å². The van der Waals surface area contributed by atoms with Gasteiger partial charge in [0.15, 0.2) is 0 Å². The predicted molar refractivity (Wildman–Crippen MR) is 159 cm³/mol. The van der Waals surface area contributed by atoms with Crippen molar-refractivity contribution in [3.8, 4) is 17.0 Å². The molecule has 1 atom stereocenters. The standard InChI is InChI=1S/C34H28N6O2/c41-32(39-18-13-27(22-39)42-30-8-1-2-16-35-30)25-11-9-23(10-12-25)26-19-37-33-38-20-29(40(33)21-26)34(14-15-34)28-7-3-5-24-6-4-17-36-31(24)28/h1-12,16-17,19-21,27H,13-15,18,22H2/t27-/m0/s1. The highest BCUT2D eigenvalue weighted by molar-refractivity contribution is 5.95. The molecule has 0 N–H and O–H groups in total. The molecule has 0 radical (unpaired) electrons. The summed E-state index contributed by atoms with van der Waals surface area (Å²) in [4.78, 5) is 33.4. The molecule has 0 spiro atoms. The van der Waals surface area contributed by atoms with Gasteiger partial charge in [-0.25, -0.2) is 15.0 Å². The van der Waals surface area contributed by atoms with E-state index in [4.69, 9.17) is 9.72 Å². The van der Waals surface area contributed by atoms with Gasteiger partial charge in [0.05, 0.1) is 24.0 Å². The van der Waals surface area contributed by atoms with Crippen LogP contribution in [0.2, 0.25) is 0 Å². The highest BCUT2D eigenvalue weighted by Gasteiger charge is 2.49. The first-order valence-electron chi connectivity index (χ1n) is 14.3. The van der Waals surface area contributed by atoms with E-state index >= 15 is 0 Å². The highest BCUT2D eigenvalue weighted by Crippen LogP contribution is 2.54. The summed E-state index contributed by atoms with van der Waals surface area (Å²) in [5.74, 6) is 1.28. The predicted octanol–water partition coefficient (Wildman–Crippen LogP) is 5.71. The number of pyridine rings is 2. The Labute approximate surface area is 242 Å². The molecule has 1 aliphatic carbocycles. The Morgan fingerprint density at radius 2 is 1.67 bits per heavy atom. The largest absolute Gasteiger partial charge is 0.472 e. The molecule has 1 saturated heterocycles. The summed E-state index contributed by atoms with van der Waals surface area (Å²) in [5, 5.41) is 1.15. The SMILES string of the molecule is O=C(c1ccc(-c2cnc3ncc(C4(c5cccc6cccnc56)CC4)n3c2)cc1)N1CC[C@H](Oc2ccccn2)C1. The molecule has 6 aromatic rings. The fraction of sp³-hybridized carbons (Fsp3) is 0.206. The molecular weight excluding hydrogens is 524 g/mol. The van der Waals surface area contributed by atoms with Crippen LogP contribution in [0.15, 0.2) is 104 Å². The first kappa shape index (κ1) is 24.7. The Hall–Kier alpha value is -5.11. The topological polar surface area (TPSA) is 85.5 Å². The van der Waals surface area contributed by atoms with E-state index in [0.717, 1.165) is 47.0 Å². The van der Waals surface area contributed by atoms with Gasteiger partial charge in [0.1, 0.15) is 6.10 Å².